The monoisotopic (exact) mass is 377 g/mol. The quantitative estimate of drug-likeness (QED) is 0.590. The van der Waals surface area contributed by atoms with Gasteiger partial charge in [-0.3, -0.25) is 5.01 Å². The summed E-state index contributed by atoms with van der Waals surface area (Å²) >= 11 is 0. The Labute approximate surface area is 171 Å². The lowest BCUT2D eigenvalue weighted by molar-refractivity contribution is 0.880. The summed E-state index contributed by atoms with van der Waals surface area (Å²) in [6.45, 7) is 0. The minimum absolute atomic E-state index is 0.309. The fourth-order valence-electron chi connectivity index (χ4n) is 4.05. The highest BCUT2D eigenvalue weighted by Crippen LogP contribution is 2.42. The van der Waals surface area contributed by atoms with Crippen molar-refractivity contribution < 1.29 is 0 Å². The Morgan fingerprint density at radius 1 is 0.828 bits per heavy atom. The lowest BCUT2D eigenvalue weighted by atomic mass is 9.95. The molecule has 0 saturated heterocycles. The molecule has 0 aromatic heterocycles. The fraction of sp³-hybridized carbons (Fsp3) is 0.0769. The largest absolute Gasteiger partial charge is 0.364 e. The Balaban J connectivity index is 1.47. The van der Waals surface area contributed by atoms with E-state index in [1.807, 2.05) is 12.1 Å². The minimum atomic E-state index is 0.309. The molecule has 3 aromatic rings. The van der Waals surface area contributed by atoms with Crippen molar-refractivity contribution in [3.05, 3.63) is 120 Å². The first-order chi connectivity index (χ1) is 14.3. The van der Waals surface area contributed by atoms with Crippen LogP contribution in [-0.4, -0.2) is 13.1 Å². The second kappa shape index (κ2) is 7.36. The summed E-state index contributed by atoms with van der Waals surface area (Å²) < 4.78 is 0. The third kappa shape index (κ3) is 3.21. The number of nitrogens with zero attached hydrogens (tertiary/aromatic N) is 2. The third-order valence-electron chi connectivity index (χ3n) is 5.51. The lowest BCUT2D eigenvalue weighted by Gasteiger charge is -2.26. The Kier molecular flexibility index (Phi) is 4.41. The van der Waals surface area contributed by atoms with E-state index in [0.29, 0.717) is 6.04 Å². The molecule has 0 saturated carbocycles. The van der Waals surface area contributed by atoms with E-state index in [1.54, 1.807) is 0 Å². The highest BCUT2D eigenvalue weighted by Gasteiger charge is 2.30. The van der Waals surface area contributed by atoms with Crippen molar-refractivity contribution >= 4 is 22.6 Å². The van der Waals surface area contributed by atoms with Gasteiger partial charge in [-0.2, -0.15) is 0 Å². The zero-order chi connectivity index (χ0) is 19.6. The van der Waals surface area contributed by atoms with Crippen molar-refractivity contribution in [2.45, 2.75) is 6.04 Å². The van der Waals surface area contributed by atoms with Gasteiger partial charge < -0.3 is 10.3 Å². The summed E-state index contributed by atoms with van der Waals surface area (Å²) in [7, 11) is 2.16. The van der Waals surface area contributed by atoms with Gasteiger partial charge in [0.05, 0.1) is 17.4 Å². The number of allylic oxidation sites excluding steroid dienone is 3. The van der Waals surface area contributed by atoms with Crippen molar-refractivity contribution in [2.24, 2.45) is 0 Å². The number of hydrogen-bond acceptors (Lipinski definition) is 3. The van der Waals surface area contributed by atoms with Crippen LogP contribution >= 0.6 is 0 Å². The molecule has 1 N–H and O–H groups in total. The molecule has 1 heterocycles. The number of hydrazine groups is 1. The Bertz CT molecular complexity index is 1060. The molecule has 1 unspecified atom stereocenters. The molecule has 0 amide bonds. The lowest BCUT2D eigenvalue weighted by Crippen LogP contribution is -2.30. The second-order valence-corrected chi connectivity index (χ2v) is 7.31. The molecule has 0 fully saturated rings. The van der Waals surface area contributed by atoms with Crippen LogP contribution in [0.15, 0.2) is 115 Å². The number of anilines is 3. The molecule has 3 aromatic carbocycles. The van der Waals surface area contributed by atoms with E-state index in [0.717, 1.165) is 16.9 Å². The molecule has 2 aliphatic rings. The molecule has 0 bridgehead atoms. The van der Waals surface area contributed by atoms with Gasteiger partial charge in [0.25, 0.3) is 0 Å². The molecule has 29 heavy (non-hydrogen) atoms. The number of rotatable bonds is 4. The van der Waals surface area contributed by atoms with Gasteiger partial charge in [0.1, 0.15) is 0 Å². The van der Waals surface area contributed by atoms with Gasteiger partial charge in [-0.25, -0.2) is 0 Å². The topological polar surface area (TPSA) is 18.5 Å². The van der Waals surface area contributed by atoms with Gasteiger partial charge in [0.15, 0.2) is 0 Å². The first-order valence-corrected chi connectivity index (χ1v) is 9.90. The fourth-order valence-corrected chi connectivity index (χ4v) is 4.05. The van der Waals surface area contributed by atoms with Crippen LogP contribution in [0, 0.1) is 0 Å². The number of hydrogen-bond donors (Lipinski definition) is 1. The van der Waals surface area contributed by atoms with E-state index in [9.17, 15) is 0 Å². The van der Waals surface area contributed by atoms with Gasteiger partial charge in [-0.15, -0.1) is 0 Å². The predicted molar refractivity (Wildman–Crippen MR) is 122 cm³/mol. The van der Waals surface area contributed by atoms with Gasteiger partial charge >= 0.3 is 0 Å². The molecule has 5 rings (SSSR count). The molecule has 3 nitrogen and oxygen atoms in total. The number of fused-ring (bicyclic) bond motifs is 3. The van der Waals surface area contributed by atoms with Crippen LogP contribution in [0.1, 0.15) is 5.56 Å². The van der Waals surface area contributed by atoms with Crippen molar-refractivity contribution in [1.29, 1.82) is 0 Å². The molecule has 1 aliphatic carbocycles. The van der Waals surface area contributed by atoms with Crippen molar-refractivity contribution in [1.82, 2.24) is 5.43 Å². The average Bonchev–Trinajstić information content (AvgIpc) is 3.07. The third-order valence-corrected chi connectivity index (χ3v) is 5.51. The summed E-state index contributed by atoms with van der Waals surface area (Å²) in [5.74, 6) is 0. The van der Waals surface area contributed by atoms with E-state index in [4.69, 9.17) is 0 Å². The maximum absolute atomic E-state index is 3.50. The van der Waals surface area contributed by atoms with Gasteiger partial charge in [0.2, 0.25) is 0 Å². The van der Waals surface area contributed by atoms with Gasteiger partial charge in [-0.1, -0.05) is 66.7 Å². The predicted octanol–water partition coefficient (Wildman–Crippen LogP) is 5.69. The standard InChI is InChI=1S/C26H23N3/c1-28-25-15-9-8-14-23(25)24-18-20(16-17-26(24)28)19-27-29(21-10-4-2-5-11-21)22-12-6-3-7-13-22/h2-19,26-27H,1H3. The van der Waals surface area contributed by atoms with Crippen molar-refractivity contribution in [3.63, 3.8) is 0 Å². The van der Waals surface area contributed by atoms with Gasteiger partial charge in [-0.05, 0) is 47.6 Å². The summed E-state index contributed by atoms with van der Waals surface area (Å²) in [5, 5.41) is 2.10. The summed E-state index contributed by atoms with van der Waals surface area (Å²) in [4.78, 5) is 2.34. The zero-order valence-corrected chi connectivity index (χ0v) is 16.4. The molecule has 142 valence electrons. The summed E-state index contributed by atoms with van der Waals surface area (Å²) in [6.07, 6.45) is 8.82. The van der Waals surface area contributed by atoms with E-state index >= 15 is 0 Å². The minimum Gasteiger partial charge on any atom is -0.364 e. The van der Waals surface area contributed by atoms with Crippen LogP contribution in [0.3, 0.4) is 0 Å². The van der Waals surface area contributed by atoms with Crippen LogP contribution < -0.4 is 15.3 Å². The number of nitrogens with one attached hydrogen (secondary N) is 1. The SMILES string of the molecule is CN1c2ccccc2C2=CC(=CNN(c3ccccc3)c3ccccc3)C=CC21. The summed E-state index contributed by atoms with van der Waals surface area (Å²) in [5.41, 5.74) is 10.8. The van der Waals surface area contributed by atoms with Crippen LogP contribution in [0.4, 0.5) is 17.1 Å². The maximum atomic E-state index is 3.50. The number of para-hydroxylation sites is 3. The first kappa shape index (κ1) is 17.4. The maximum Gasteiger partial charge on any atom is 0.0733 e. The smallest absolute Gasteiger partial charge is 0.0733 e. The van der Waals surface area contributed by atoms with Crippen LogP contribution in [0.5, 0.6) is 0 Å². The van der Waals surface area contributed by atoms with Crippen molar-refractivity contribution in [3.8, 4) is 0 Å². The zero-order valence-electron chi connectivity index (χ0n) is 16.4. The van der Waals surface area contributed by atoms with Gasteiger partial charge in [0, 0.05) is 24.5 Å². The molecule has 3 heteroatoms. The van der Waals surface area contributed by atoms with Crippen LogP contribution in [-0.2, 0) is 0 Å². The van der Waals surface area contributed by atoms with Crippen LogP contribution in [0.2, 0.25) is 0 Å². The van der Waals surface area contributed by atoms with E-state index < -0.39 is 0 Å². The highest BCUT2D eigenvalue weighted by molar-refractivity contribution is 5.91. The average molecular weight is 377 g/mol. The number of likely N-dealkylation sites (N-methyl/N-ethyl adjacent to an activating group) is 1. The molecular formula is C26H23N3. The highest BCUT2D eigenvalue weighted by atomic mass is 15.5. The normalized spacial score (nSPS) is 18.2. The molecule has 0 spiro atoms. The molecule has 1 atom stereocenters. The number of benzene rings is 3. The van der Waals surface area contributed by atoms with E-state index in [2.05, 4.69) is 120 Å². The Morgan fingerprint density at radius 3 is 2.14 bits per heavy atom. The second-order valence-electron chi connectivity index (χ2n) is 7.31. The first-order valence-electron chi connectivity index (χ1n) is 9.90. The van der Waals surface area contributed by atoms with E-state index in [1.165, 1.54) is 16.8 Å². The van der Waals surface area contributed by atoms with Crippen molar-refractivity contribution in [2.75, 3.05) is 17.0 Å². The Morgan fingerprint density at radius 2 is 1.45 bits per heavy atom. The van der Waals surface area contributed by atoms with E-state index in [-0.39, 0.29) is 0 Å². The molecular weight excluding hydrogens is 354 g/mol. The molecule has 0 radical (unpaired) electrons. The van der Waals surface area contributed by atoms with Crippen LogP contribution in [0.25, 0.3) is 5.57 Å². The summed E-state index contributed by atoms with van der Waals surface area (Å²) in [6, 6.07) is 29.6. The Hall–Kier alpha value is -3.72. The molecule has 1 aliphatic heterocycles.